The fourth-order valence-electron chi connectivity index (χ4n) is 2.13. The molecule has 1 N–H and O–H groups in total. The minimum Gasteiger partial charge on any atom is -0.385 e. The van der Waals surface area contributed by atoms with Gasteiger partial charge in [0, 0.05) is 30.4 Å². The minimum atomic E-state index is 0.647. The van der Waals surface area contributed by atoms with Gasteiger partial charge in [0.25, 0.3) is 0 Å². The van der Waals surface area contributed by atoms with E-state index < -0.39 is 0 Å². The number of hydrogen-bond donors (Lipinski definition) is 1. The predicted octanol–water partition coefficient (Wildman–Crippen LogP) is 3.38. The number of halogens is 1. The van der Waals surface area contributed by atoms with E-state index in [1.807, 2.05) is 0 Å². The van der Waals surface area contributed by atoms with Crippen molar-refractivity contribution >= 4 is 21.6 Å². The summed E-state index contributed by atoms with van der Waals surface area (Å²) in [5.41, 5.74) is 2.71. The first-order valence-corrected chi connectivity index (χ1v) is 6.13. The Morgan fingerprint density at radius 1 is 1.53 bits per heavy atom. The van der Waals surface area contributed by atoms with E-state index in [2.05, 4.69) is 39.4 Å². The Morgan fingerprint density at radius 3 is 3.20 bits per heavy atom. The molecule has 1 unspecified atom stereocenters. The summed E-state index contributed by atoms with van der Waals surface area (Å²) in [6.07, 6.45) is 2.32. The topological polar surface area (TPSA) is 21.3 Å². The molecule has 0 radical (unpaired) electrons. The van der Waals surface area contributed by atoms with E-state index in [1.165, 1.54) is 17.7 Å². The normalized spacial score (nSPS) is 19.5. The summed E-state index contributed by atoms with van der Waals surface area (Å²) in [5.74, 6) is 0.647. The van der Waals surface area contributed by atoms with E-state index in [0.29, 0.717) is 5.92 Å². The zero-order chi connectivity index (χ0) is 10.7. The van der Waals surface area contributed by atoms with E-state index in [9.17, 15) is 0 Å². The number of anilines is 1. The van der Waals surface area contributed by atoms with Crippen LogP contribution in [-0.2, 0) is 4.74 Å². The first-order chi connectivity index (χ1) is 7.31. The number of rotatable bonds is 3. The third-order valence-electron chi connectivity index (χ3n) is 2.93. The molecule has 0 saturated carbocycles. The Kier molecular flexibility index (Phi) is 3.65. The number of fused-ring (bicyclic) bond motifs is 1. The monoisotopic (exact) mass is 269 g/mol. The molecule has 2 rings (SSSR count). The van der Waals surface area contributed by atoms with Crippen LogP contribution in [0.5, 0.6) is 0 Å². The third kappa shape index (κ3) is 2.52. The first-order valence-electron chi connectivity index (χ1n) is 5.33. The Hall–Kier alpha value is -0.540. The van der Waals surface area contributed by atoms with Crippen molar-refractivity contribution in [1.82, 2.24) is 0 Å². The maximum absolute atomic E-state index is 5.15. The van der Waals surface area contributed by atoms with Gasteiger partial charge in [0.2, 0.25) is 0 Å². The maximum Gasteiger partial charge on any atom is 0.0468 e. The molecule has 0 saturated heterocycles. The molecule has 3 heteroatoms. The third-order valence-corrected chi connectivity index (χ3v) is 3.43. The number of benzene rings is 1. The lowest BCUT2D eigenvalue weighted by atomic mass is 9.89. The van der Waals surface area contributed by atoms with Crippen LogP contribution in [-0.4, -0.2) is 20.3 Å². The van der Waals surface area contributed by atoms with Gasteiger partial charge in [-0.25, -0.2) is 0 Å². The molecule has 1 atom stereocenters. The van der Waals surface area contributed by atoms with Crippen molar-refractivity contribution in [3.05, 3.63) is 28.2 Å². The standard InChI is InChI=1S/C12H16BrNO/c1-15-7-5-9-4-6-14-12-8-10(13)2-3-11(9)12/h2-3,8-9,14H,4-7H2,1H3. The van der Waals surface area contributed by atoms with Crippen LogP contribution in [0, 0.1) is 0 Å². The number of hydrogen-bond acceptors (Lipinski definition) is 2. The molecule has 2 nitrogen and oxygen atoms in total. The molecule has 1 aromatic rings. The highest BCUT2D eigenvalue weighted by Gasteiger charge is 2.19. The number of methoxy groups -OCH3 is 1. The fraction of sp³-hybridized carbons (Fsp3) is 0.500. The van der Waals surface area contributed by atoms with Crippen molar-refractivity contribution in [2.45, 2.75) is 18.8 Å². The van der Waals surface area contributed by atoms with Crippen LogP contribution in [0.3, 0.4) is 0 Å². The summed E-state index contributed by atoms with van der Waals surface area (Å²) in [6.45, 7) is 1.91. The largest absolute Gasteiger partial charge is 0.385 e. The van der Waals surface area contributed by atoms with Crippen LogP contribution in [0.4, 0.5) is 5.69 Å². The molecule has 0 spiro atoms. The summed E-state index contributed by atoms with van der Waals surface area (Å²) in [4.78, 5) is 0. The second-order valence-electron chi connectivity index (χ2n) is 3.93. The van der Waals surface area contributed by atoms with Gasteiger partial charge in [-0.1, -0.05) is 22.0 Å². The molecule has 0 aliphatic carbocycles. The summed E-state index contributed by atoms with van der Waals surface area (Å²) in [6, 6.07) is 6.49. The van der Waals surface area contributed by atoms with Gasteiger partial charge in [0.1, 0.15) is 0 Å². The number of nitrogens with one attached hydrogen (secondary N) is 1. The van der Waals surface area contributed by atoms with Crippen molar-refractivity contribution in [2.75, 3.05) is 25.6 Å². The van der Waals surface area contributed by atoms with Crippen LogP contribution in [0.25, 0.3) is 0 Å². The van der Waals surface area contributed by atoms with Crippen LogP contribution in [0.15, 0.2) is 22.7 Å². The second kappa shape index (κ2) is 4.99. The van der Waals surface area contributed by atoms with Crippen molar-refractivity contribution in [3.8, 4) is 0 Å². The van der Waals surface area contributed by atoms with Gasteiger partial charge in [-0.2, -0.15) is 0 Å². The Morgan fingerprint density at radius 2 is 2.40 bits per heavy atom. The molecule has 1 aliphatic heterocycles. The highest BCUT2D eigenvalue weighted by atomic mass is 79.9. The van der Waals surface area contributed by atoms with E-state index in [-0.39, 0.29) is 0 Å². The van der Waals surface area contributed by atoms with E-state index >= 15 is 0 Å². The van der Waals surface area contributed by atoms with Crippen molar-refractivity contribution < 1.29 is 4.74 Å². The van der Waals surface area contributed by atoms with Crippen molar-refractivity contribution in [2.24, 2.45) is 0 Å². The summed E-state index contributed by atoms with van der Waals surface area (Å²) in [5, 5.41) is 3.44. The van der Waals surface area contributed by atoms with E-state index in [0.717, 1.165) is 24.0 Å². The van der Waals surface area contributed by atoms with Crippen LogP contribution in [0.1, 0.15) is 24.3 Å². The molecule has 15 heavy (non-hydrogen) atoms. The van der Waals surface area contributed by atoms with Crippen LogP contribution >= 0.6 is 15.9 Å². The lowest BCUT2D eigenvalue weighted by molar-refractivity contribution is 0.186. The lowest BCUT2D eigenvalue weighted by Gasteiger charge is -2.26. The average molecular weight is 270 g/mol. The van der Waals surface area contributed by atoms with Gasteiger partial charge < -0.3 is 10.1 Å². The highest BCUT2D eigenvalue weighted by molar-refractivity contribution is 9.10. The van der Waals surface area contributed by atoms with Gasteiger partial charge in [0.15, 0.2) is 0 Å². The van der Waals surface area contributed by atoms with Gasteiger partial charge in [-0.15, -0.1) is 0 Å². The molecule has 1 aliphatic rings. The minimum absolute atomic E-state index is 0.647. The van der Waals surface area contributed by atoms with Gasteiger partial charge in [-0.3, -0.25) is 0 Å². The fourth-order valence-corrected chi connectivity index (χ4v) is 2.50. The zero-order valence-electron chi connectivity index (χ0n) is 8.92. The van der Waals surface area contributed by atoms with Gasteiger partial charge in [-0.05, 0) is 36.5 Å². The summed E-state index contributed by atoms with van der Waals surface area (Å²) < 4.78 is 6.29. The van der Waals surface area contributed by atoms with Gasteiger partial charge >= 0.3 is 0 Å². The Balaban J connectivity index is 2.18. The second-order valence-corrected chi connectivity index (χ2v) is 4.84. The first kappa shape index (κ1) is 11.0. The molecule has 0 fully saturated rings. The van der Waals surface area contributed by atoms with Crippen LogP contribution < -0.4 is 5.32 Å². The maximum atomic E-state index is 5.15. The highest BCUT2D eigenvalue weighted by Crippen LogP contribution is 2.35. The molecule has 1 heterocycles. The lowest BCUT2D eigenvalue weighted by Crippen LogP contribution is -2.17. The molecule has 0 aromatic heterocycles. The number of ether oxygens (including phenoxy) is 1. The van der Waals surface area contributed by atoms with Gasteiger partial charge in [0.05, 0.1) is 0 Å². The molecule has 0 bridgehead atoms. The summed E-state index contributed by atoms with van der Waals surface area (Å²) in [7, 11) is 1.77. The average Bonchev–Trinajstić information content (AvgIpc) is 2.25. The smallest absolute Gasteiger partial charge is 0.0468 e. The Bertz CT molecular complexity index is 340. The van der Waals surface area contributed by atoms with E-state index in [1.54, 1.807) is 7.11 Å². The van der Waals surface area contributed by atoms with Crippen LogP contribution in [0.2, 0.25) is 0 Å². The van der Waals surface area contributed by atoms with E-state index in [4.69, 9.17) is 4.74 Å². The zero-order valence-corrected chi connectivity index (χ0v) is 10.5. The Labute approximate surface area is 99.1 Å². The predicted molar refractivity (Wildman–Crippen MR) is 66.5 cm³/mol. The molecule has 1 aromatic carbocycles. The molecular formula is C12H16BrNO. The quantitative estimate of drug-likeness (QED) is 0.909. The summed E-state index contributed by atoms with van der Waals surface area (Å²) >= 11 is 3.50. The SMILES string of the molecule is COCCC1CCNc2cc(Br)ccc21. The molecule has 0 amide bonds. The molecular weight excluding hydrogens is 254 g/mol. The van der Waals surface area contributed by atoms with Crippen molar-refractivity contribution in [3.63, 3.8) is 0 Å². The molecule has 82 valence electrons. The van der Waals surface area contributed by atoms with Crippen molar-refractivity contribution in [1.29, 1.82) is 0 Å².